The van der Waals surface area contributed by atoms with Crippen LogP contribution < -0.4 is 15.4 Å². The maximum Gasteiger partial charge on any atom is 0.255 e. The number of hydrogen-bond donors (Lipinski definition) is 2. The summed E-state index contributed by atoms with van der Waals surface area (Å²) in [6.45, 7) is 3.90. The fourth-order valence-electron chi connectivity index (χ4n) is 5.23. The normalized spacial score (nSPS) is 21.2. The van der Waals surface area contributed by atoms with Crippen LogP contribution in [0, 0.1) is 0 Å². The SMILES string of the molecule is CNC1CCN(Cc2ccc(COc3cccc4c3CN(C3CCC(=O)NC3=O)C4=O)cc2)CC1. The van der Waals surface area contributed by atoms with E-state index in [1.54, 1.807) is 17.0 Å². The Morgan fingerprint density at radius 3 is 2.46 bits per heavy atom. The van der Waals surface area contributed by atoms with Gasteiger partial charge in [-0.2, -0.15) is 0 Å². The Morgan fingerprint density at radius 2 is 1.74 bits per heavy atom. The van der Waals surface area contributed by atoms with E-state index in [2.05, 4.69) is 39.8 Å². The average molecular weight is 477 g/mol. The highest BCUT2D eigenvalue weighted by atomic mass is 16.5. The predicted molar refractivity (Wildman–Crippen MR) is 131 cm³/mol. The highest BCUT2D eigenvalue weighted by Crippen LogP contribution is 2.34. The molecule has 2 fully saturated rings. The van der Waals surface area contributed by atoms with Crippen LogP contribution in [0.3, 0.4) is 0 Å². The molecule has 1 unspecified atom stereocenters. The van der Waals surface area contributed by atoms with Crippen molar-refractivity contribution in [2.75, 3.05) is 20.1 Å². The molecule has 3 heterocycles. The van der Waals surface area contributed by atoms with Gasteiger partial charge in [-0.15, -0.1) is 0 Å². The number of fused-ring (bicyclic) bond motifs is 1. The van der Waals surface area contributed by atoms with Gasteiger partial charge in [0.1, 0.15) is 18.4 Å². The van der Waals surface area contributed by atoms with Crippen molar-refractivity contribution in [3.8, 4) is 5.75 Å². The van der Waals surface area contributed by atoms with Gasteiger partial charge in [0.25, 0.3) is 5.91 Å². The first kappa shape index (κ1) is 23.5. The van der Waals surface area contributed by atoms with E-state index in [0.717, 1.165) is 30.8 Å². The van der Waals surface area contributed by atoms with Crippen LogP contribution in [0.2, 0.25) is 0 Å². The minimum atomic E-state index is -0.628. The van der Waals surface area contributed by atoms with Gasteiger partial charge in [0.15, 0.2) is 0 Å². The van der Waals surface area contributed by atoms with Crippen LogP contribution in [0.4, 0.5) is 0 Å². The number of nitrogens with one attached hydrogen (secondary N) is 2. The topological polar surface area (TPSA) is 91.0 Å². The van der Waals surface area contributed by atoms with Crippen molar-refractivity contribution in [2.45, 2.75) is 57.5 Å². The number of hydrogen-bond acceptors (Lipinski definition) is 6. The summed E-state index contributed by atoms with van der Waals surface area (Å²) in [5.74, 6) is -0.231. The summed E-state index contributed by atoms with van der Waals surface area (Å²) >= 11 is 0. The zero-order valence-corrected chi connectivity index (χ0v) is 20.1. The third-order valence-electron chi connectivity index (χ3n) is 7.36. The molecule has 5 rings (SSSR count). The molecule has 3 aliphatic heterocycles. The molecule has 2 aromatic carbocycles. The van der Waals surface area contributed by atoms with Gasteiger partial charge in [0.05, 0.1) is 6.54 Å². The van der Waals surface area contributed by atoms with E-state index in [4.69, 9.17) is 4.74 Å². The van der Waals surface area contributed by atoms with Gasteiger partial charge in [-0.05, 0) is 62.7 Å². The third kappa shape index (κ3) is 5.09. The summed E-state index contributed by atoms with van der Waals surface area (Å²) in [5, 5.41) is 5.71. The van der Waals surface area contributed by atoms with E-state index < -0.39 is 11.9 Å². The number of piperidine rings is 2. The number of likely N-dealkylation sites (tertiary alicyclic amines) is 1. The van der Waals surface area contributed by atoms with Gasteiger partial charge >= 0.3 is 0 Å². The van der Waals surface area contributed by atoms with E-state index in [-0.39, 0.29) is 18.2 Å². The number of carbonyl (C=O) groups excluding carboxylic acids is 3. The number of nitrogens with zero attached hydrogens (tertiary/aromatic N) is 2. The number of imide groups is 1. The van der Waals surface area contributed by atoms with E-state index in [9.17, 15) is 14.4 Å². The van der Waals surface area contributed by atoms with Crippen LogP contribution in [-0.2, 0) is 29.3 Å². The second-order valence-corrected chi connectivity index (χ2v) is 9.63. The molecule has 0 bridgehead atoms. The van der Waals surface area contributed by atoms with Gasteiger partial charge in [-0.1, -0.05) is 30.3 Å². The molecule has 2 N–H and O–H groups in total. The van der Waals surface area contributed by atoms with E-state index in [1.807, 2.05) is 13.1 Å². The lowest BCUT2D eigenvalue weighted by molar-refractivity contribution is -0.136. The maximum atomic E-state index is 13.0. The number of carbonyl (C=O) groups is 3. The van der Waals surface area contributed by atoms with Gasteiger partial charge in [0, 0.05) is 30.1 Å². The van der Waals surface area contributed by atoms with Crippen molar-refractivity contribution in [3.63, 3.8) is 0 Å². The molecule has 3 amide bonds. The van der Waals surface area contributed by atoms with Crippen molar-refractivity contribution >= 4 is 17.7 Å². The van der Waals surface area contributed by atoms with Crippen LogP contribution in [0.15, 0.2) is 42.5 Å². The second-order valence-electron chi connectivity index (χ2n) is 9.63. The van der Waals surface area contributed by atoms with Gasteiger partial charge in [0.2, 0.25) is 11.8 Å². The first-order chi connectivity index (χ1) is 17.0. The molecule has 0 radical (unpaired) electrons. The van der Waals surface area contributed by atoms with Crippen LogP contribution in [-0.4, -0.2) is 59.7 Å². The summed E-state index contributed by atoms with van der Waals surface area (Å²) in [6, 6.07) is 14.0. The van der Waals surface area contributed by atoms with Crippen molar-refractivity contribution in [3.05, 3.63) is 64.7 Å². The summed E-state index contributed by atoms with van der Waals surface area (Å²) in [7, 11) is 2.04. The van der Waals surface area contributed by atoms with Crippen molar-refractivity contribution in [1.82, 2.24) is 20.4 Å². The molecule has 8 heteroatoms. The highest BCUT2D eigenvalue weighted by molar-refractivity contribution is 6.05. The molecular weight excluding hydrogens is 444 g/mol. The smallest absolute Gasteiger partial charge is 0.255 e. The summed E-state index contributed by atoms with van der Waals surface area (Å²) in [6.07, 6.45) is 2.96. The monoisotopic (exact) mass is 476 g/mol. The largest absolute Gasteiger partial charge is 0.489 e. The highest BCUT2D eigenvalue weighted by Gasteiger charge is 2.40. The third-order valence-corrected chi connectivity index (χ3v) is 7.36. The molecule has 0 saturated carbocycles. The lowest BCUT2D eigenvalue weighted by Gasteiger charge is -2.31. The Balaban J connectivity index is 1.19. The number of ether oxygens (including phenoxy) is 1. The Bertz CT molecular complexity index is 1110. The fourth-order valence-corrected chi connectivity index (χ4v) is 5.23. The minimum Gasteiger partial charge on any atom is -0.489 e. The van der Waals surface area contributed by atoms with Crippen LogP contribution in [0.5, 0.6) is 5.75 Å². The average Bonchev–Trinajstić information content (AvgIpc) is 3.21. The molecule has 2 saturated heterocycles. The van der Waals surface area contributed by atoms with Crippen molar-refractivity contribution in [2.24, 2.45) is 0 Å². The van der Waals surface area contributed by atoms with Gasteiger partial charge in [-0.25, -0.2) is 0 Å². The molecule has 35 heavy (non-hydrogen) atoms. The zero-order valence-electron chi connectivity index (χ0n) is 20.1. The summed E-state index contributed by atoms with van der Waals surface area (Å²) in [5.41, 5.74) is 3.71. The molecular formula is C27H32N4O4. The molecule has 0 spiro atoms. The first-order valence-electron chi connectivity index (χ1n) is 12.4. The quantitative estimate of drug-likeness (QED) is 0.596. The van der Waals surface area contributed by atoms with E-state index >= 15 is 0 Å². The van der Waals surface area contributed by atoms with Crippen LogP contribution in [0.1, 0.15) is 52.7 Å². The molecule has 1 atom stereocenters. The standard InChI is InChI=1S/C27H32N4O4/c1-28-20-11-13-30(14-12-20)15-18-5-7-19(8-6-18)17-35-24-4-2-3-21-22(24)16-31(27(21)34)23-9-10-25(32)29-26(23)33/h2-8,20,23,28H,9-17H2,1H3,(H,29,32,33). The maximum absolute atomic E-state index is 13.0. The van der Waals surface area contributed by atoms with E-state index in [0.29, 0.717) is 36.9 Å². The molecule has 184 valence electrons. The van der Waals surface area contributed by atoms with E-state index in [1.165, 1.54) is 18.4 Å². The number of benzene rings is 2. The fraction of sp³-hybridized carbons (Fsp3) is 0.444. The zero-order chi connectivity index (χ0) is 24.4. The summed E-state index contributed by atoms with van der Waals surface area (Å²) in [4.78, 5) is 40.8. The van der Waals surface area contributed by atoms with Crippen LogP contribution in [0.25, 0.3) is 0 Å². The predicted octanol–water partition coefficient (Wildman–Crippen LogP) is 2.21. The summed E-state index contributed by atoms with van der Waals surface area (Å²) < 4.78 is 6.13. The van der Waals surface area contributed by atoms with Gasteiger partial charge < -0.3 is 15.0 Å². The molecule has 2 aromatic rings. The number of amides is 3. The number of rotatable bonds is 7. The van der Waals surface area contributed by atoms with Crippen molar-refractivity contribution < 1.29 is 19.1 Å². The Morgan fingerprint density at radius 1 is 1.00 bits per heavy atom. The van der Waals surface area contributed by atoms with Crippen LogP contribution >= 0.6 is 0 Å². The first-order valence-corrected chi connectivity index (χ1v) is 12.4. The molecule has 8 nitrogen and oxygen atoms in total. The molecule has 0 aliphatic carbocycles. The minimum absolute atomic E-state index is 0.192. The Kier molecular flexibility index (Phi) is 6.83. The lowest BCUT2D eigenvalue weighted by atomic mass is 10.0. The Hall–Kier alpha value is -3.23. The molecule has 3 aliphatic rings. The Labute approximate surface area is 205 Å². The van der Waals surface area contributed by atoms with Crippen molar-refractivity contribution in [1.29, 1.82) is 0 Å². The second kappa shape index (κ2) is 10.2. The lowest BCUT2D eigenvalue weighted by Crippen LogP contribution is -2.52. The van der Waals surface area contributed by atoms with Gasteiger partial charge in [-0.3, -0.25) is 24.6 Å². The molecule has 0 aromatic heterocycles.